The van der Waals surface area contributed by atoms with E-state index in [4.69, 9.17) is 14.1 Å². The van der Waals surface area contributed by atoms with Crippen LogP contribution in [0, 0.1) is 0 Å². The molecule has 0 radical (unpaired) electrons. The molecule has 8 nitrogen and oxygen atoms in total. The number of nitrogens with zero attached hydrogens (tertiary/aromatic N) is 5. The van der Waals surface area contributed by atoms with Crippen molar-refractivity contribution in [1.82, 2.24) is 25.0 Å². The quantitative estimate of drug-likeness (QED) is 0.342. The third-order valence-corrected chi connectivity index (χ3v) is 8.02. The minimum Gasteiger partial charge on any atom is -0.419 e. The van der Waals surface area contributed by atoms with Crippen molar-refractivity contribution in [1.29, 1.82) is 0 Å². The van der Waals surface area contributed by atoms with Crippen molar-refractivity contribution in [3.8, 4) is 10.8 Å². The number of methoxy groups -OCH3 is 1. The minimum absolute atomic E-state index is 0.111. The Labute approximate surface area is 206 Å². The smallest absolute Gasteiger partial charge is 0.257 e. The van der Waals surface area contributed by atoms with Gasteiger partial charge in [0.15, 0.2) is 0 Å². The van der Waals surface area contributed by atoms with E-state index in [0.29, 0.717) is 38.0 Å². The van der Waals surface area contributed by atoms with Crippen LogP contribution in [0.5, 0.6) is 0 Å². The van der Waals surface area contributed by atoms with Crippen molar-refractivity contribution in [2.75, 3.05) is 39.9 Å². The number of ether oxygens (including phenoxy) is 1. The molecule has 1 fully saturated rings. The Bertz CT molecular complexity index is 1190. The standard InChI is InChI=1S/C24H27N5O3S2/c1-31-12-11-28(15-21-26-27-23(32-21)20-9-5-13-33-20)16-22(30)29-10-4-6-17(14-29)24-25-18-7-2-3-8-19(18)34-24/h2-3,5,7-9,13,17H,4,6,10-12,14-16H2,1H3/t17-/m1/s1. The van der Waals surface area contributed by atoms with Crippen LogP contribution in [0.3, 0.4) is 0 Å². The number of para-hydroxylation sites is 1. The van der Waals surface area contributed by atoms with E-state index < -0.39 is 0 Å². The number of thiazole rings is 1. The predicted octanol–water partition coefficient (Wildman–Crippen LogP) is 4.26. The zero-order chi connectivity index (χ0) is 23.3. The van der Waals surface area contributed by atoms with Gasteiger partial charge in [-0.05, 0) is 36.4 Å². The fourth-order valence-electron chi connectivity index (χ4n) is 4.20. The van der Waals surface area contributed by atoms with Gasteiger partial charge in [0, 0.05) is 32.7 Å². The largest absolute Gasteiger partial charge is 0.419 e. The molecule has 1 aliphatic rings. The normalized spacial score (nSPS) is 16.5. The number of thiophene rings is 1. The molecule has 1 atom stereocenters. The Balaban J connectivity index is 1.23. The second kappa shape index (κ2) is 10.7. The molecule has 0 bridgehead atoms. The fraction of sp³-hybridized carbons (Fsp3) is 0.417. The van der Waals surface area contributed by atoms with Gasteiger partial charge in [0.05, 0.1) is 39.8 Å². The van der Waals surface area contributed by atoms with E-state index >= 15 is 0 Å². The summed E-state index contributed by atoms with van der Waals surface area (Å²) in [6.07, 6.45) is 2.04. The number of carbonyl (C=O) groups is 1. The highest BCUT2D eigenvalue weighted by Crippen LogP contribution is 2.33. The first kappa shape index (κ1) is 23.1. The Morgan fingerprint density at radius 2 is 2.18 bits per heavy atom. The van der Waals surface area contributed by atoms with Gasteiger partial charge in [-0.15, -0.1) is 32.9 Å². The van der Waals surface area contributed by atoms with E-state index in [2.05, 4.69) is 22.3 Å². The fourth-order valence-corrected chi connectivity index (χ4v) is 5.94. The molecule has 5 rings (SSSR count). The number of piperidine rings is 1. The number of fused-ring (bicyclic) bond motifs is 1. The molecule has 0 spiro atoms. The van der Waals surface area contributed by atoms with Crippen LogP contribution in [0.4, 0.5) is 0 Å². The summed E-state index contributed by atoms with van der Waals surface area (Å²) in [5, 5.41) is 11.4. The third-order valence-electron chi connectivity index (χ3n) is 5.96. The average molecular weight is 498 g/mol. The van der Waals surface area contributed by atoms with E-state index in [-0.39, 0.29) is 18.4 Å². The van der Waals surface area contributed by atoms with Gasteiger partial charge in [0.1, 0.15) is 0 Å². The summed E-state index contributed by atoms with van der Waals surface area (Å²) < 4.78 is 12.3. The van der Waals surface area contributed by atoms with Crippen LogP contribution >= 0.6 is 22.7 Å². The number of benzene rings is 1. The number of hydrogen-bond acceptors (Lipinski definition) is 9. The Morgan fingerprint density at radius 3 is 3.00 bits per heavy atom. The van der Waals surface area contributed by atoms with Crippen LogP contribution < -0.4 is 0 Å². The molecule has 10 heteroatoms. The highest BCUT2D eigenvalue weighted by molar-refractivity contribution is 7.18. The summed E-state index contributed by atoms with van der Waals surface area (Å²) in [4.78, 5) is 23.0. The highest BCUT2D eigenvalue weighted by Gasteiger charge is 2.28. The van der Waals surface area contributed by atoms with Crippen molar-refractivity contribution in [3.05, 3.63) is 52.7 Å². The van der Waals surface area contributed by atoms with E-state index in [1.165, 1.54) is 4.70 Å². The van der Waals surface area contributed by atoms with Crippen LogP contribution in [-0.4, -0.2) is 70.8 Å². The zero-order valence-electron chi connectivity index (χ0n) is 19.1. The maximum atomic E-state index is 13.3. The van der Waals surface area contributed by atoms with Crippen LogP contribution in [0.1, 0.15) is 29.7 Å². The van der Waals surface area contributed by atoms with Crippen LogP contribution in [0.2, 0.25) is 0 Å². The second-order valence-electron chi connectivity index (χ2n) is 8.38. The lowest BCUT2D eigenvalue weighted by Gasteiger charge is -2.33. The molecule has 178 valence electrons. The third kappa shape index (κ3) is 5.35. The van der Waals surface area contributed by atoms with Gasteiger partial charge in [-0.3, -0.25) is 9.69 Å². The number of hydrogen-bond donors (Lipinski definition) is 0. The van der Waals surface area contributed by atoms with Gasteiger partial charge >= 0.3 is 0 Å². The topological polar surface area (TPSA) is 84.6 Å². The molecule has 34 heavy (non-hydrogen) atoms. The lowest BCUT2D eigenvalue weighted by Crippen LogP contribution is -2.45. The van der Waals surface area contributed by atoms with Crippen molar-refractivity contribution in [3.63, 3.8) is 0 Å². The number of likely N-dealkylation sites (tertiary alicyclic amines) is 1. The summed E-state index contributed by atoms with van der Waals surface area (Å²) in [6.45, 7) is 3.30. The van der Waals surface area contributed by atoms with E-state index in [1.807, 2.05) is 39.4 Å². The van der Waals surface area contributed by atoms with E-state index in [1.54, 1.807) is 29.8 Å². The lowest BCUT2D eigenvalue weighted by molar-refractivity contribution is -0.134. The first-order chi connectivity index (χ1) is 16.7. The molecule has 4 aromatic rings. The molecule has 1 saturated heterocycles. The van der Waals surface area contributed by atoms with Crippen molar-refractivity contribution < 1.29 is 13.9 Å². The number of rotatable bonds is 9. The van der Waals surface area contributed by atoms with E-state index in [0.717, 1.165) is 34.8 Å². The Hall–Kier alpha value is -2.66. The summed E-state index contributed by atoms with van der Waals surface area (Å²) in [5.41, 5.74) is 1.04. The number of amides is 1. The summed E-state index contributed by atoms with van der Waals surface area (Å²) >= 11 is 3.30. The maximum absolute atomic E-state index is 13.3. The monoisotopic (exact) mass is 497 g/mol. The molecular formula is C24H27N5O3S2. The van der Waals surface area contributed by atoms with Crippen molar-refractivity contribution >= 4 is 38.8 Å². The average Bonchev–Trinajstić information content (AvgIpc) is 3.63. The first-order valence-electron chi connectivity index (χ1n) is 11.4. The molecule has 3 aromatic heterocycles. The SMILES string of the molecule is COCCN(CC(=O)N1CCC[C@@H](c2nc3ccccc3s2)C1)Cc1nnc(-c2cccs2)o1. The summed E-state index contributed by atoms with van der Waals surface area (Å²) in [5.74, 6) is 1.41. The zero-order valence-corrected chi connectivity index (χ0v) is 20.7. The van der Waals surface area contributed by atoms with Gasteiger partial charge in [0.2, 0.25) is 11.8 Å². The minimum atomic E-state index is 0.111. The number of aromatic nitrogens is 3. The second-order valence-corrected chi connectivity index (χ2v) is 10.4. The molecule has 0 saturated carbocycles. The molecule has 0 aliphatic carbocycles. The van der Waals surface area contributed by atoms with Crippen LogP contribution in [0.25, 0.3) is 21.0 Å². The molecule has 0 unspecified atom stereocenters. The van der Waals surface area contributed by atoms with Crippen molar-refractivity contribution in [2.24, 2.45) is 0 Å². The van der Waals surface area contributed by atoms with Crippen molar-refractivity contribution in [2.45, 2.75) is 25.3 Å². The molecule has 4 heterocycles. The van der Waals surface area contributed by atoms with E-state index in [9.17, 15) is 4.79 Å². The van der Waals surface area contributed by atoms with Gasteiger partial charge in [-0.25, -0.2) is 4.98 Å². The van der Waals surface area contributed by atoms with Gasteiger partial charge in [-0.1, -0.05) is 18.2 Å². The molecule has 1 aliphatic heterocycles. The number of carbonyl (C=O) groups excluding carboxylic acids is 1. The Kier molecular flexibility index (Phi) is 7.29. The maximum Gasteiger partial charge on any atom is 0.257 e. The molecule has 1 aromatic carbocycles. The van der Waals surface area contributed by atoms with Gasteiger partial charge in [0.25, 0.3) is 5.89 Å². The molecule has 0 N–H and O–H groups in total. The molecule has 1 amide bonds. The summed E-state index contributed by atoms with van der Waals surface area (Å²) in [7, 11) is 1.66. The lowest BCUT2D eigenvalue weighted by atomic mass is 9.98. The van der Waals surface area contributed by atoms with Gasteiger partial charge in [-0.2, -0.15) is 0 Å². The highest BCUT2D eigenvalue weighted by atomic mass is 32.1. The predicted molar refractivity (Wildman–Crippen MR) is 133 cm³/mol. The molecular weight excluding hydrogens is 470 g/mol. The first-order valence-corrected chi connectivity index (χ1v) is 13.1. The van der Waals surface area contributed by atoms with Gasteiger partial charge < -0.3 is 14.1 Å². The Morgan fingerprint density at radius 1 is 1.26 bits per heavy atom. The summed E-state index contributed by atoms with van der Waals surface area (Å²) in [6, 6.07) is 12.1. The van der Waals surface area contributed by atoms with Crippen LogP contribution in [0.15, 0.2) is 46.2 Å². The van der Waals surface area contributed by atoms with Crippen LogP contribution in [-0.2, 0) is 16.1 Å².